The zero-order valence-corrected chi connectivity index (χ0v) is 16.2. The molecule has 0 saturated carbocycles. The molecule has 0 aliphatic carbocycles. The van der Waals surface area contributed by atoms with Gasteiger partial charge >= 0.3 is 0 Å². The fraction of sp³-hybridized carbons (Fsp3) is 0.0800. The zero-order valence-electron chi connectivity index (χ0n) is 16.2. The predicted molar refractivity (Wildman–Crippen MR) is 118 cm³/mol. The number of aryl methyl sites for hydroxylation is 2. The van der Waals surface area contributed by atoms with Crippen LogP contribution in [0.4, 0.5) is 0 Å². The van der Waals surface area contributed by atoms with E-state index in [1.54, 1.807) is 0 Å². The Bertz CT molecular complexity index is 1580. The first-order valence-corrected chi connectivity index (χ1v) is 9.71. The van der Waals surface area contributed by atoms with E-state index in [0.717, 1.165) is 33.1 Å². The quantitative estimate of drug-likeness (QED) is 0.338. The molecule has 0 fully saturated rings. The Kier molecular flexibility index (Phi) is 3.27. The van der Waals surface area contributed by atoms with Gasteiger partial charge in [0.2, 0.25) is 0 Å². The van der Waals surface area contributed by atoms with E-state index in [1.165, 1.54) is 27.6 Å². The molecule has 0 atom stereocenters. The van der Waals surface area contributed by atoms with Crippen LogP contribution in [-0.4, -0.2) is 19.4 Å². The molecule has 4 nitrogen and oxygen atoms in total. The van der Waals surface area contributed by atoms with Crippen LogP contribution in [-0.2, 0) is 0 Å². The topological polar surface area (TPSA) is 43.1 Å². The summed E-state index contributed by atoms with van der Waals surface area (Å²) in [5, 5.41) is 3.44. The van der Waals surface area contributed by atoms with E-state index < -0.39 is 0 Å². The van der Waals surface area contributed by atoms with Gasteiger partial charge in [-0.15, -0.1) is 0 Å². The fourth-order valence-electron chi connectivity index (χ4n) is 4.39. The summed E-state index contributed by atoms with van der Waals surface area (Å²) in [6.45, 7) is 4.34. The maximum absolute atomic E-state index is 4.92. The van der Waals surface area contributed by atoms with E-state index in [-0.39, 0.29) is 0 Å². The average molecular weight is 374 g/mol. The molecular formula is C25H18N4. The van der Waals surface area contributed by atoms with Crippen molar-refractivity contribution >= 4 is 38.5 Å². The summed E-state index contributed by atoms with van der Waals surface area (Å²) in [5.74, 6) is 0. The van der Waals surface area contributed by atoms with Gasteiger partial charge in [0.05, 0.1) is 11.7 Å². The Balaban J connectivity index is 1.85. The fourth-order valence-corrected chi connectivity index (χ4v) is 4.39. The normalized spacial score (nSPS) is 11.8. The third kappa shape index (κ3) is 2.23. The molecule has 0 saturated heterocycles. The molecule has 0 spiro atoms. The van der Waals surface area contributed by atoms with Crippen LogP contribution in [0.25, 0.3) is 49.6 Å². The highest BCUT2D eigenvalue weighted by Crippen LogP contribution is 2.36. The van der Waals surface area contributed by atoms with Gasteiger partial charge in [0, 0.05) is 23.2 Å². The molecule has 0 amide bonds. The van der Waals surface area contributed by atoms with Crippen LogP contribution in [0, 0.1) is 13.8 Å². The first kappa shape index (κ1) is 16.2. The van der Waals surface area contributed by atoms with Crippen molar-refractivity contribution in [1.29, 1.82) is 0 Å². The molecule has 0 aliphatic heterocycles. The van der Waals surface area contributed by atoms with Crippen LogP contribution in [0.1, 0.15) is 11.1 Å². The largest absolute Gasteiger partial charge is 0.276 e. The lowest BCUT2D eigenvalue weighted by atomic mass is 9.93. The van der Waals surface area contributed by atoms with Crippen molar-refractivity contribution in [2.24, 2.45) is 0 Å². The summed E-state index contributed by atoms with van der Waals surface area (Å²) < 4.78 is 2.15. The van der Waals surface area contributed by atoms with E-state index in [9.17, 15) is 0 Å². The second-order valence-corrected chi connectivity index (χ2v) is 7.54. The van der Waals surface area contributed by atoms with Gasteiger partial charge in [-0.1, -0.05) is 24.3 Å². The number of hydrogen-bond donors (Lipinski definition) is 0. The first-order chi connectivity index (χ1) is 14.2. The van der Waals surface area contributed by atoms with Crippen molar-refractivity contribution in [3.63, 3.8) is 0 Å². The predicted octanol–water partition coefficient (Wildman–Crippen LogP) is 5.87. The van der Waals surface area contributed by atoms with Crippen molar-refractivity contribution < 1.29 is 0 Å². The van der Waals surface area contributed by atoms with Gasteiger partial charge < -0.3 is 0 Å². The van der Waals surface area contributed by atoms with Crippen molar-refractivity contribution in [2.75, 3.05) is 0 Å². The van der Waals surface area contributed by atoms with Crippen molar-refractivity contribution in [3.05, 3.63) is 84.3 Å². The van der Waals surface area contributed by atoms with Gasteiger partial charge in [0.1, 0.15) is 16.8 Å². The van der Waals surface area contributed by atoms with Gasteiger partial charge in [-0.25, -0.2) is 9.97 Å². The molecule has 4 heterocycles. The second-order valence-electron chi connectivity index (χ2n) is 7.54. The first-order valence-electron chi connectivity index (χ1n) is 9.71. The molecule has 138 valence electrons. The lowest BCUT2D eigenvalue weighted by molar-refractivity contribution is 1.23. The number of imidazole rings is 1. The minimum Gasteiger partial charge on any atom is -0.276 e. The lowest BCUT2D eigenvalue weighted by Gasteiger charge is -2.14. The molecule has 6 rings (SSSR count). The summed E-state index contributed by atoms with van der Waals surface area (Å²) >= 11 is 0. The number of aromatic nitrogens is 4. The average Bonchev–Trinajstić information content (AvgIpc) is 3.14. The van der Waals surface area contributed by atoms with Crippen LogP contribution in [0.3, 0.4) is 0 Å². The summed E-state index contributed by atoms with van der Waals surface area (Å²) in [7, 11) is 0. The van der Waals surface area contributed by atoms with Crippen LogP contribution in [0.2, 0.25) is 0 Å². The number of hydrogen-bond acceptors (Lipinski definition) is 3. The van der Waals surface area contributed by atoms with Crippen LogP contribution < -0.4 is 0 Å². The van der Waals surface area contributed by atoms with E-state index in [1.807, 2.05) is 30.7 Å². The summed E-state index contributed by atoms with van der Waals surface area (Å²) in [6.07, 6.45) is 5.47. The lowest BCUT2D eigenvalue weighted by Crippen LogP contribution is -1.95. The van der Waals surface area contributed by atoms with Crippen molar-refractivity contribution in [1.82, 2.24) is 19.4 Å². The molecule has 4 aromatic heterocycles. The third-order valence-corrected chi connectivity index (χ3v) is 5.79. The standard InChI is InChI=1S/C25H18N4/c1-15-6-3-4-7-17(15)19-13-20-18-8-5-10-27-24(18)29-23-9-11-26-14-22(23)28-25(29)21(20)12-16(19)2/h3-14H,1-2H3. The minimum atomic E-state index is 0.882. The Labute approximate surface area is 167 Å². The number of rotatable bonds is 1. The van der Waals surface area contributed by atoms with Crippen molar-refractivity contribution in [3.8, 4) is 11.1 Å². The summed E-state index contributed by atoms with van der Waals surface area (Å²) in [6, 6.07) is 19.3. The Morgan fingerprint density at radius 1 is 0.724 bits per heavy atom. The SMILES string of the molecule is Cc1ccccc1-c1cc2c3cccnc3n3c4ccncc4nc3c2cc1C. The van der Waals surface area contributed by atoms with E-state index in [4.69, 9.17) is 9.97 Å². The van der Waals surface area contributed by atoms with Crippen LogP contribution in [0.5, 0.6) is 0 Å². The van der Waals surface area contributed by atoms with E-state index in [2.05, 4.69) is 65.7 Å². The number of pyridine rings is 3. The molecule has 29 heavy (non-hydrogen) atoms. The van der Waals surface area contributed by atoms with Gasteiger partial charge in [-0.3, -0.25) is 9.38 Å². The van der Waals surface area contributed by atoms with Gasteiger partial charge in [0.15, 0.2) is 0 Å². The van der Waals surface area contributed by atoms with Gasteiger partial charge in [0.25, 0.3) is 0 Å². The van der Waals surface area contributed by atoms with Gasteiger partial charge in [-0.05, 0) is 71.8 Å². The zero-order chi connectivity index (χ0) is 19.5. The van der Waals surface area contributed by atoms with Crippen LogP contribution >= 0.6 is 0 Å². The van der Waals surface area contributed by atoms with Crippen molar-refractivity contribution in [2.45, 2.75) is 13.8 Å². The number of nitrogens with zero attached hydrogens (tertiary/aromatic N) is 4. The highest BCUT2D eigenvalue weighted by molar-refractivity contribution is 6.14. The Morgan fingerprint density at radius 3 is 2.52 bits per heavy atom. The minimum absolute atomic E-state index is 0.882. The van der Waals surface area contributed by atoms with Crippen LogP contribution in [0.15, 0.2) is 73.2 Å². The maximum Gasteiger partial charge on any atom is 0.147 e. The Hall–Kier alpha value is -3.79. The number of benzene rings is 2. The third-order valence-electron chi connectivity index (χ3n) is 5.79. The summed E-state index contributed by atoms with van der Waals surface area (Å²) in [5.41, 5.74) is 8.79. The highest BCUT2D eigenvalue weighted by Gasteiger charge is 2.16. The molecule has 2 aromatic carbocycles. The second kappa shape index (κ2) is 5.85. The molecule has 6 aromatic rings. The molecule has 4 heteroatoms. The van der Waals surface area contributed by atoms with E-state index >= 15 is 0 Å². The highest BCUT2D eigenvalue weighted by atomic mass is 15.1. The molecular weight excluding hydrogens is 356 g/mol. The molecule has 0 bridgehead atoms. The van der Waals surface area contributed by atoms with Gasteiger partial charge in [-0.2, -0.15) is 0 Å². The monoisotopic (exact) mass is 374 g/mol. The number of fused-ring (bicyclic) bond motifs is 8. The molecule has 0 unspecified atom stereocenters. The molecule has 0 N–H and O–H groups in total. The molecule has 0 aliphatic rings. The summed E-state index contributed by atoms with van der Waals surface area (Å²) in [4.78, 5) is 13.9. The Morgan fingerprint density at radius 2 is 1.62 bits per heavy atom. The maximum atomic E-state index is 4.92. The molecule has 0 radical (unpaired) electrons. The van der Waals surface area contributed by atoms with E-state index in [0.29, 0.717) is 0 Å². The smallest absolute Gasteiger partial charge is 0.147 e.